The maximum atomic E-state index is 12.4. The monoisotopic (exact) mass is 312 g/mol. The van der Waals surface area contributed by atoms with E-state index in [4.69, 9.17) is 0 Å². The number of aromatic amines is 1. The summed E-state index contributed by atoms with van der Waals surface area (Å²) in [5, 5.41) is 13.7. The molecule has 0 fully saturated rings. The van der Waals surface area contributed by atoms with Crippen LogP contribution in [0.25, 0.3) is 0 Å². The highest BCUT2D eigenvalue weighted by Gasteiger charge is 2.22. The van der Waals surface area contributed by atoms with E-state index in [9.17, 15) is 8.42 Å². The molecule has 9 heteroatoms. The van der Waals surface area contributed by atoms with E-state index in [1.165, 1.54) is 6.20 Å². The summed E-state index contributed by atoms with van der Waals surface area (Å²) in [5.74, 6) is 0. The maximum Gasteiger partial charge on any atom is 0.279 e. The van der Waals surface area contributed by atoms with E-state index in [0.29, 0.717) is 23.5 Å². The van der Waals surface area contributed by atoms with Crippen LogP contribution in [0, 0.1) is 6.92 Å². The number of H-pyrrole nitrogens is 1. The van der Waals surface area contributed by atoms with Crippen LogP contribution in [0.1, 0.15) is 25.1 Å². The maximum absolute atomic E-state index is 12.4. The van der Waals surface area contributed by atoms with E-state index < -0.39 is 10.0 Å². The van der Waals surface area contributed by atoms with Crippen LogP contribution >= 0.6 is 0 Å². The smallest absolute Gasteiger partial charge is 0.279 e. The van der Waals surface area contributed by atoms with Crippen molar-refractivity contribution in [2.24, 2.45) is 7.05 Å². The molecule has 21 heavy (non-hydrogen) atoms. The molecule has 0 unspecified atom stereocenters. The average Bonchev–Trinajstić information content (AvgIpc) is 2.94. The highest BCUT2D eigenvalue weighted by molar-refractivity contribution is 7.92. The number of sulfonamides is 1. The quantitative estimate of drug-likeness (QED) is 0.730. The summed E-state index contributed by atoms with van der Waals surface area (Å²) in [6, 6.07) is 0.254. The minimum Gasteiger partial charge on any atom is -0.310 e. The number of anilines is 1. The topological polar surface area (TPSA) is 105 Å². The molecule has 2 aromatic heterocycles. The first-order valence-electron chi connectivity index (χ1n) is 6.58. The molecule has 0 amide bonds. The lowest BCUT2D eigenvalue weighted by atomic mass is 10.3. The number of aryl methyl sites for hydroxylation is 2. The third kappa shape index (κ3) is 3.61. The summed E-state index contributed by atoms with van der Waals surface area (Å²) < 4.78 is 29.0. The van der Waals surface area contributed by atoms with Crippen molar-refractivity contribution in [3.63, 3.8) is 0 Å². The summed E-state index contributed by atoms with van der Waals surface area (Å²) in [6.45, 7) is 6.15. The fraction of sp³-hybridized carbons (Fsp3) is 0.500. The predicted octanol–water partition coefficient (Wildman–Crippen LogP) is 0.750. The largest absolute Gasteiger partial charge is 0.310 e. The van der Waals surface area contributed by atoms with Crippen molar-refractivity contribution < 1.29 is 8.42 Å². The fourth-order valence-corrected chi connectivity index (χ4v) is 3.10. The van der Waals surface area contributed by atoms with Crippen molar-refractivity contribution in [1.29, 1.82) is 0 Å². The van der Waals surface area contributed by atoms with Gasteiger partial charge in [-0.2, -0.15) is 18.6 Å². The lowest BCUT2D eigenvalue weighted by Crippen LogP contribution is -2.23. The summed E-state index contributed by atoms with van der Waals surface area (Å²) in [7, 11) is -1.98. The van der Waals surface area contributed by atoms with Crippen LogP contribution < -0.4 is 10.0 Å². The molecule has 0 atom stereocenters. The van der Waals surface area contributed by atoms with Gasteiger partial charge in [0, 0.05) is 31.4 Å². The summed E-state index contributed by atoms with van der Waals surface area (Å²) >= 11 is 0. The molecule has 0 aromatic carbocycles. The molecular formula is C12H20N6O2S. The van der Waals surface area contributed by atoms with Crippen molar-refractivity contribution in [3.05, 3.63) is 23.7 Å². The zero-order chi connectivity index (χ0) is 15.6. The van der Waals surface area contributed by atoms with Crippen LogP contribution in [0.15, 0.2) is 17.4 Å². The molecule has 0 aliphatic rings. The second-order valence-corrected chi connectivity index (χ2v) is 6.79. The molecule has 8 nitrogen and oxygen atoms in total. The van der Waals surface area contributed by atoms with Crippen LogP contribution in [0.2, 0.25) is 0 Å². The number of rotatable bonds is 6. The van der Waals surface area contributed by atoms with Gasteiger partial charge in [-0.25, -0.2) is 0 Å². The van der Waals surface area contributed by atoms with Crippen molar-refractivity contribution in [2.75, 3.05) is 4.72 Å². The molecule has 0 spiro atoms. The number of nitrogens with one attached hydrogen (secondary N) is 3. The lowest BCUT2D eigenvalue weighted by molar-refractivity contribution is 0.574. The first-order valence-corrected chi connectivity index (χ1v) is 8.06. The van der Waals surface area contributed by atoms with Gasteiger partial charge in [-0.3, -0.25) is 14.5 Å². The number of aromatic nitrogens is 4. The molecular weight excluding hydrogens is 292 g/mol. The fourth-order valence-electron chi connectivity index (χ4n) is 1.87. The Hall–Kier alpha value is -1.87. The highest BCUT2D eigenvalue weighted by Crippen LogP contribution is 2.19. The van der Waals surface area contributed by atoms with Crippen LogP contribution in [-0.4, -0.2) is 34.4 Å². The normalized spacial score (nSPS) is 12.0. The van der Waals surface area contributed by atoms with E-state index in [1.54, 1.807) is 24.9 Å². The summed E-state index contributed by atoms with van der Waals surface area (Å²) in [6.07, 6.45) is 3.13. The number of hydrogen-bond acceptors (Lipinski definition) is 5. The Labute approximate surface area is 124 Å². The Morgan fingerprint density at radius 1 is 1.43 bits per heavy atom. The molecule has 2 rings (SSSR count). The van der Waals surface area contributed by atoms with Crippen molar-refractivity contribution in [1.82, 2.24) is 25.3 Å². The molecule has 0 saturated carbocycles. The van der Waals surface area contributed by atoms with E-state index >= 15 is 0 Å². The van der Waals surface area contributed by atoms with Crippen LogP contribution in [0.4, 0.5) is 5.69 Å². The Morgan fingerprint density at radius 2 is 2.14 bits per heavy atom. The van der Waals surface area contributed by atoms with Gasteiger partial charge in [-0.05, 0) is 6.92 Å². The SMILES string of the molecule is Cc1nn(C)cc1NS(=O)(=O)c1[nH]ncc1CNC(C)C. The third-order valence-electron chi connectivity index (χ3n) is 2.91. The van der Waals surface area contributed by atoms with Gasteiger partial charge in [0.2, 0.25) is 0 Å². The van der Waals surface area contributed by atoms with Gasteiger partial charge in [0.1, 0.15) is 0 Å². The minimum atomic E-state index is -3.72. The lowest BCUT2D eigenvalue weighted by Gasteiger charge is -2.09. The summed E-state index contributed by atoms with van der Waals surface area (Å²) in [5.41, 5.74) is 1.66. The van der Waals surface area contributed by atoms with Gasteiger partial charge in [-0.15, -0.1) is 0 Å². The van der Waals surface area contributed by atoms with Gasteiger partial charge in [-0.1, -0.05) is 13.8 Å². The van der Waals surface area contributed by atoms with E-state index in [0.717, 1.165) is 0 Å². The first-order chi connectivity index (χ1) is 9.79. The predicted molar refractivity (Wildman–Crippen MR) is 79.3 cm³/mol. The van der Waals surface area contributed by atoms with Crippen molar-refractivity contribution >= 4 is 15.7 Å². The van der Waals surface area contributed by atoms with Crippen LogP contribution in [0.5, 0.6) is 0 Å². The molecule has 2 aromatic rings. The van der Waals surface area contributed by atoms with Gasteiger partial charge in [0.15, 0.2) is 5.03 Å². The van der Waals surface area contributed by atoms with E-state index in [1.807, 2.05) is 13.8 Å². The molecule has 0 saturated heterocycles. The molecule has 0 bridgehead atoms. The Kier molecular flexibility index (Phi) is 4.33. The average molecular weight is 312 g/mol. The third-order valence-corrected chi connectivity index (χ3v) is 4.28. The molecule has 0 aliphatic heterocycles. The Morgan fingerprint density at radius 3 is 2.71 bits per heavy atom. The van der Waals surface area contributed by atoms with E-state index in [-0.39, 0.29) is 11.1 Å². The second kappa shape index (κ2) is 5.86. The number of hydrogen-bond donors (Lipinski definition) is 3. The van der Waals surface area contributed by atoms with Crippen LogP contribution in [-0.2, 0) is 23.6 Å². The number of nitrogens with zero attached hydrogens (tertiary/aromatic N) is 3. The molecule has 2 heterocycles. The van der Waals surface area contributed by atoms with Gasteiger partial charge in [0.25, 0.3) is 10.0 Å². The molecule has 3 N–H and O–H groups in total. The van der Waals surface area contributed by atoms with Crippen molar-refractivity contribution in [2.45, 2.75) is 38.4 Å². The van der Waals surface area contributed by atoms with E-state index in [2.05, 4.69) is 25.3 Å². The summed E-state index contributed by atoms with van der Waals surface area (Å²) in [4.78, 5) is 0. The minimum absolute atomic E-state index is 0.0684. The zero-order valence-electron chi connectivity index (χ0n) is 12.5. The van der Waals surface area contributed by atoms with Crippen LogP contribution in [0.3, 0.4) is 0 Å². The first kappa shape index (κ1) is 15.5. The van der Waals surface area contributed by atoms with Crippen molar-refractivity contribution in [3.8, 4) is 0 Å². The zero-order valence-corrected chi connectivity index (χ0v) is 13.3. The van der Waals surface area contributed by atoms with Gasteiger partial charge in [0.05, 0.1) is 17.6 Å². The van der Waals surface area contributed by atoms with Gasteiger partial charge >= 0.3 is 0 Å². The molecule has 116 valence electrons. The molecule has 0 radical (unpaired) electrons. The Bertz CT molecular complexity index is 716. The second-order valence-electron chi connectivity index (χ2n) is 5.17. The Balaban J connectivity index is 2.24. The standard InChI is InChI=1S/C12H20N6O2S/c1-8(2)13-5-10-6-14-15-12(10)21(19,20)17-11-7-18(4)16-9(11)3/h6-8,13,17H,5H2,1-4H3,(H,14,15). The highest BCUT2D eigenvalue weighted by atomic mass is 32.2. The van der Waals surface area contributed by atoms with Gasteiger partial charge < -0.3 is 5.32 Å². The molecule has 0 aliphatic carbocycles.